The van der Waals surface area contributed by atoms with Crippen molar-refractivity contribution in [2.24, 2.45) is 5.92 Å². The molecule has 1 N–H and O–H groups in total. The lowest BCUT2D eigenvalue weighted by Crippen LogP contribution is -2.18. The van der Waals surface area contributed by atoms with Crippen LogP contribution in [0.1, 0.15) is 13.8 Å². The molecule has 0 saturated heterocycles. The van der Waals surface area contributed by atoms with Crippen molar-refractivity contribution < 1.29 is 4.79 Å². The van der Waals surface area contributed by atoms with E-state index in [1.54, 1.807) is 0 Å². The molecule has 0 saturated carbocycles. The molecule has 1 heterocycles. The van der Waals surface area contributed by atoms with E-state index in [1.807, 2.05) is 13.8 Å². The van der Waals surface area contributed by atoms with Crippen molar-refractivity contribution >= 4 is 11.7 Å². The topological polar surface area (TPSA) is 67.8 Å². The molecule has 0 fully saturated rings. The third-order valence-electron chi connectivity index (χ3n) is 1.27. The van der Waals surface area contributed by atoms with Crippen molar-refractivity contribution in [3.05, 3.63) is 12.5 Å². The largest absolute Gasteiger partial charge is 0.309 e. The van der Waals surface area contributed by atoms with E-state index < -0.39 is 0 Å². The minimum atomic E-state index is -0.0736. The third kappa shape index (κ3) is 2.26. The van der Waals surface area contributed by atoms with Crippen LogP contribution in [-0.4, -0.2) is 21.1 Å². The predicted molar refractivity (Wildman–Crippen MR) is 43.3 cm³/mol. The molecule has 0 radical (unpaired) electrons. The summed E-state index contributed by atoms with van der Waals surface area (Å²) in [6, 6.07) is 0. The van der Waals surface area contributed by atoms with E-state index in [0.29, 0.717) is 5.82 Å². The first-order valence-electron chi connectivity index (χ1n) is 3.63. The van der Waals surface area contributed by atoms with Gasteiger partial charge in [-0.1, -0.05) is 13.8 Å². The second kappa shape index (κ2) is 3.75. The quantitative estimate of drug-likeness (QED) is 0.693. The molecular weight excluding hydrogens is 156 g/mol. The molecule has 0 aliphatic rings. The van der Waals surface area contributed by atoms with Crippen molar-refractivity contribution in [2.45, 2.75) is 13.8 Å². The number of nitrogens with zero attached hydrogens (tertiary/aromatic N) is 3. The Morgan fingerprint density at radius 3 is 2.75 bits per heavy atom. The highest BCUT2D eigenvalue weighted by atomic mass is 16.1. The van der Waals surface area contributed by atoms with Gasteiger partial charge in [-0.25, -0.2) is 4.98 Å². The van der Waals surface area contributed by atoms with Crippen molar-refractivity contribution in [2.75, 3.05) is 5.32 Å². The summed E-state index contributed by atoms with van der Waals surface area (Å²) in [4.78, 5) is 14.9. The fraction of sp³-hybridized carbons (Fsp3) is 0.429. The maximum atomic E-state index is 11.1. The van der Waals surface area contributed by atoms with Crippen LogP contribution in [0, 0.1) is 5.92 Å². The van der Waals surface area contributed by atoms with E-state index in [1.165, 1.54) is 12.5 Å². The first kappa shape index (κ1) is 8.58. The summed E-state index contributed by atoms with van der Waals surface area (Å²) < 4.78 is 0. The molecule has 0 aliphatic heterocycles. The summed E-state index contributed by atoms with van der Waals surface area (Å²) in [5, 5.41) is 9.64. The van der Waals surface area contributed by atoms with E-state index in [0.717, 1.165) is 0 Å². The molecule has 1 rings (SSSR count). The Labute approximate surface area is 70.2 Å². The van der Waals surface area contributed by atoms with Crippen LogP contribution < -0.4 is 5.32 Å². The Bertz CT molecular complexity index is 259. The Morgan fingerprint density at radius 2 is 2.25 bits per heavy atom. The second-order valence-electron chi connectivity index (χ2n) is 2.63. The number of nitrogens with one attached hydrogen (secondary N) is 1. The minimum Gasteiger partial charge on any atom is -0.309 e. The van der Waals surface area contributed by atoms with Crippen LogP contribution in [-0.2, 0) is 4.79 Å². The molecule has 0 unspecified atom stereocenters. The molecule has 64 valence electrons. The molecule has 12 heavy (non-hydrogen) atoms. The average Bonchev–Trinajstić information content (AvgIpc) is 2.06. The predicted octanol–water partition coefficient (Wildman–Crippen LogP) is 0.466. The van der Waals surface area contributed by atoms with Gasteiger partial charge in [0, 0.05) is 5.92 Å². The molecule has 0 bridgehead atoms. The number of amides is 1. The molecule has 0 spiro atoms. The zero-order valence-corrected chi connectivity index (χ0v) is 6.98. The summed E-state index contributed by atoms with van der Waals surface area (Å²) >= 11 is 0. The number of rotatable bonds is 2. The van der Waals surface area contributed by atoms with Crippen LogP contribution in [0.2, 0.25) is 0 Å². The van der Waals surface area contributed by atoms with Crippen LogP contribution in [0.4, 0.5) is 5.82 Å². The Hall–Kier alpha value is -1.52. The summed E-state index contributed by atoms with van der Waals surface area (Å²) in [5.74, 6) is 0.305. The molecule has 1 aromatic rings. The molecule has 1 amide bonds. The SMILES string of the molecule is CC(C)C(=O)Nc1cnncn1. The van der Waals surface area contributed by atoms with Gasteiger partial charge in [0.1, 0.15) is 6.33 Å². The van der Waals surface area contributed by atoms with E-state index in [-0.39, 0.29) is 11.8 Å². The summed E-state index contributed by atoms with van der Waals surface area (Å²) in [6.07, 6.45) is 2.69. The highest BCUT2D eigenvalue weighted by molar-refractivity contribution is 5.90. The van der Waals surface area contributed by atoms with Gasteiger partial charge in [-0.2, -0.15) is 5.10 Å². The minimum absolute atomic E-state index is 0.0556. The van der Waals surface area contributed by atoms with Crippen molar-refractivity contribution in [1.82, 2.24) is 15.2 Å². The molecule has 0 aromatic carbocycles. The van der Waals surface area contributed by atoms with Crippen LogP contribution >= 0.6 is 0 Å². The lowest BCUT2D eigenvalue weighted by molar-refractivity contribution is -0.118. The molecule has 1 aromatic heterocycles. The van der Waals surface area contributed by atoms with Crippen LogP contribution in [0.25, 0.3) is 0 Å². The summed E-state index contributed by atoms with van der Waals surface area (Å²) in [7, 11) is 0. The number of carbonyl (C=O) groups is 1. The fourth-order valence-electron chi connectivity index (χ4n) is 0.574. The smallest absolute Gasteiger partial charge is 0.228 e. The lowest BCUT2D eigenvalue weighted by Gasteiger charge is -2.04. The lowest BCUT2D eigenvalue weighted by atomic mass is 10.2. The monoisotopic (exact) mass is 166 g/mol. The van der Waals surface area contributed by atoms with E-state index in [2.05, 4.69) is 20.5 Å². The molecule has 5 heteroatoms. The highest BCUT2D eigenvalue weighted by Gasteiger charge is 2.06. The van der Waals surface area contributed by atoms with Gasteiger partial charge in [0.15, 0.2) is 5.82 Å². The Balaban J connectivity index is 2.59. The molecule has 0 aliphatic carbocycles. The summed E-state index contributed by atoms with van der Waals surface area (Å²) in [6.45, 7) is 3.62. The normalized spacial score (nSPS) is 9.92. The van der Waals surface area contributed by atoms with Gasteiger partial charge >= 0.3 is 0 Å². The third-order valence-corrected chi connectivity index (χ3v) is 1.27. The number of carbonyl (C=O) groups excluding carboxylic acids is 1. The van der Waals surface area contributed by atoms with Gasteiger partial charge in [0.2, 0.25) is 5.91 Å². The first-order chi connectivity index (χ1) is 5.70. The Kier molecular flexibility index (Phi) is 2.68. The van der Waals surface area contributed by atoms with Gasteiger partial charge in [0.25, 0.3) is 0 Å². The summed E-state index contributed by atoms with van der Waals surface area (Å²) in [5.41, 5.74) is 0. The van der Waals surface area contributed by atoms with Crippen LogP contribution in [0.3, 0.4) is 0 Å². The van der Waals surface area contributed by atoms with Gasteiger partial charge in [0.05, 0.1) is 6.20 Å². The molecule has 5 nitrogen and oxygen atoms in total. The van der Waals surface area contributed by atoms with Crippen molar-refractivity contribution in [3.8, 4) is 0 Å². The van der Waals surface area contributed by atoms with E-state index >= 15 is 0 Å². The van der Waals surface area contributed by atoms with Gasteiger partial charge in [-0.05, 0) is 0 Å². The van der Waals surface area contributed by atoms with Crippen molar-refractivity contribution in [1.29, 1.82) is 0 Å². The zero-order chi connectivity index (χ0) is 8.97. The molecular formula is C7H10N4O. The maximum Gasteiger partial charge on any atom is 0.228 e. The first-order valence-corrected chi connectivity index (χ1v) is 3.63. The maximum absolute atomic E-state index is 11.1. The number of anilines is 1. The molecule has 0 atom stereocenters. The number of hydrogen-bond donors (Lipinski definition) is 1. The standard InChI is InChI=1S/C7H10N4O/c1-5(2)7(12)11-6-3-9-10-4-8-6/h3-5H,1-2H3,(H,8,10,11,12). The highest BCUT2D eigenvalue weighted by Crippen LogP contribution is 2.00. The van der Waals surface area contributed by atoms with Gasteiger partial charge < -0.3 is 5.32 Å². The van der Waals surface area contributed by atoms with Crippen LogP contribution in [0.15, 0.2) is 12.5 Å². The van der Waals surface area contributed by atoms with Crippen molar-refractivity contribution in [3.63, 3.8) is 0 Å². The van der Waals surface area contributed by atoms with Crippen LogP contribution in [0.5, 0.6) is 0 Å². The number of aromatic nitrogens is 3. The Morgan fingerprint density at radius 1 is 1.50 bits per heavy atom. The number of hydrogen-bond acceptors (Lipinski definition) is 4. The second-order valence-corrected chi connectivity index (χ2v) is 2.63. The average molecular weight is 166 g/mol. The zero-order valence-electron chi connectivity index (χ0n) is 6.98. The van der Waals surface area contributed by atoms with Gasteiger partial charge in [-0.15, -0.1) is 5.10 Å². The van der Waals surface area contributed by atoms with E-state index in [9.17, 15) is 4.79 Å². The van der Waals surface area contributed by atoms with Gasteiger partial charge in [-0.3, -0.25) is 4.79 Å². The fourth-order valence-corrected chi connectivity index (χ4v) is 0.574. The van der Waals surface area contributed by atoms with E-state index in [4.69, 9.17) is 0 Å².